The van der Waals surface area contributed by atoms with Crippen LogP contribution in [-0.2, 0) is 4.74 Å². The monoisotopic (exact) mass is 282 g/mol. The van der Waals surface area contributed by atoms with Crippen LogP contribution in [0.3, 0.4) is 0 Å². The molecule has 0 heterocycles. The number of rotatable bonds is 4. The van der Waals surface area contributed by atoms with Crippen LogP contribution in [0, 0.1) is 0 Å². The highest BCUT2D eigenvalue weighted by Gasteiger charge is 2.54. The molecule has 0 radical (unpaired) electrons. The molecule has 17 heavy (non-hydrogen) atoms. The first-order valence-corrected chi connectivity index (χ1v) is 3.73. The molecule has 2 atom stereocenters. The number of hydrogen-bond donors (Lipinski definition) is 0. The summed E-state index contributed by atoms with van der Waals surface area (Å²) in [5.74, 6) is 0. The summed E-state index contributed by atoms with van der Waals surface area (Å²) >= 11 is 0. The molecule has 0 saturated heterocycles. The molecular weight excluding hydrogens is 278 g/mol. The third kappa shape index (κ3) is 5.94. The zero-order chi connectivity index (χ0) is 14.1. The summed E-state index contributed by atoms with van der Waals surface area (Å²) in [7, 11) is 0. The Morgan fingerprint density at radius 1 is 0.824 bits per heavy atom. The average molecular weight is 282 g/mol. The van der Waals surface area contributed by atoms with Gasteiger partial charge in [0.25, 0.3) is 6.36 Å². The molecule has 0 aromatic rings. The van der Waals surface area contributed by atoms with Gasteiger partial charge in [0.1, 0.15) is 0 Å². The summed E-state index contributed by atoms with van der Waals surface area (Å²) in [5, 5.41) is 0. The summed E-state index contributed by atoms with van der Waals surface area (Å²) in [5.41, 5.74) is 0. The Labute approximate surface area is 87.3 Å². The lowest BCUT2D eigenvalue weighted by Gasteiger charge is -2.24. The van der Waals surface area contributed by atoms with Crippen molar-refractivity contribution in [1.82, 2.24) is 0 Å². The molecule has 0 saturated carbocycles. The smallest absolute Gasteiger partial charge is 0.275 e. The van der Waals surface area contributed by atoms with Crippen molar-refractivity contribution in [3.05, 3.63) is 0 Å². The Kier molecular flexibility index (Phi) is 4.65. The minimum absolute atomic E-state index is 2.31. The molecule has 0 aromatic heterocycles. The number of ether oxygens (including phenoxy) is 1. The molecule has 2 unspecified atom stereocenters. The first kappa shape index (κ1) is 16.3. The van der Waals surface area contributed by atoms with Crippen molar-refractivity contribution in [2.75, 3.05) is 0 Å². The van der Waals surface area contributed by atoms with Crippen LogP contribution in [0.25, 0.3) is 0 Å². The van der Waals surface area contributed by atoms with Crippen molar-refractivity contribution in [2.24, 2.45) is 0 Å². The van der Waals surface area contributed by atoms with E-state index in [0.29, 0.717) is 0 Å². The van der Waals surface area contributed by atoms with E-state index in [1.165, 1.54) is 0 Å². The Hall–Kier alpha value is -0.740. The van der Waals surface area contributed by atoms with Crippen LogP contribution in [0.1, 0.15) is 6.42 Å². The van der Waals surface area contributed by atoms with Crippen molar-refractivity contribution < 1.29 is 48.6 Å². The molecule has 0 aliphatic carbocycles. The molecule has 0 spiro atoms. The highest BCUT2D eigenvalue weighted by Crippen LogP contribution is 2.36. The largest absolute Gasteiger partial charge is 0.445 e. The standard InChI is InChI=1S/C6H4F10O/c7-2(1-4(9,10)11)6(15,16)17-3(8)5(12,13)14/h2-3H,1H2. The molecule has 0 amide bonds. The molecule has 0 rings (SSSR count). The van der Waals surface area contributed by atoms with Gasteiger partial charge in [0, 0.05) is 0 Å². The maximum Gasteiger partial charge on any atom is 0.445 e. The van der Waals surface area contributed by atoms with Crippen molar-refractivity contribution in [3.8, 4) is 0 Å². The summed E-state index contributed by atoms with van der Waals surface area (Å²) in [6.45, 7) is 0. The topological polar surface area (TPSA) is 9.23 Å². The lowest BCUT2D eigenvalue weighted by atomic mass is 10.2. The van der Waals surface area contributed by atoms with E-state index >= 15 is 0 Å². The van der Waals surface area contributed by atoms with Crippen LogP contribution in [-0.4, -0.2) is 31.0 Å². The van der Waals surface area contributed by atoms with E-state index in [1.54, 1.807) is 0 Å². The van der Waals surface area contributed by atoms with Crippen LogP contribution in [0.15, 0.2) is 0 Å². The normalized spacial score (nSPS) is 18.0. The second kappa shape index (κ2) is 4.86. The van der Waals surface area contributed by atoms with E-state index in [4.69, 9.17) is 0 Å². The fraction of sp³-hybridized carbons (Fsp3) is 1.00. The van der Waals surface area contributed by atoms with E-state index in [9.17, 15) is 43.9 Å². The predicted octanol–water partition coefficient (Wildman–Crippen LogP) is 3.74. The quantitative estimate of drug-likeness (QED) is 0.714. The lowest BCUT2D eigenvalue weighted by molar-refractivity contribution is -0.377. The van der Waals surface area contributed by atoms with E-state index in [-0.39, 0.29) is 0 Å². The lowest BCUT2D eigenvalue weighted by Crippen LogP contribution is -2.42. The summed E-state index contributed by atoms with van der Waals surface area (Å²) in [4.78, 5) is 0. The van der Waals surface area contributed by atoms with Gasteiger partial charge in [-0.15, -0.1) is 0 Å². The highest BCUT2D eigenvalue weighted by atomic mass is 19.4. The number of halogens is 10. The molecule has 1 nitrogen and oxygen atoms in total. The summed E-state index contributed by atoms with van der Waals surface area (Å²) in [6, 6.07) is 0. The number of hydrogen-bond acceptors (Lipinski definition) is 1. The fourth-order valence-corrected chi connectivity index (χ4v) is 0.601. The van der Waals surface area contributed by atoms with Gasteiger partial charge >= 0.3 is 18.5 Å². The van der Waals surface area contributed by atoms with Crippen LogP contribution in [0.2, 0.25) is 0 Å². The number of alkyl halides is 10. The first-order valence-electron chi connectivity index (χ1n) is 3.73. The van der Waals surface area contributed by atoms with E-state index in [0.717, 1.165) is 0 Å². The molecule has 104 valence electrons. The average Bonchev–Trinajstić information content (AvgIpc) is 1.97. The highest BCUT2D eigenvalue weighted by molar-refractivity contribution is 4.73. The molecule has 0 aromatic carbocycles. The van der Waals surface area contributed by atoms with Crippen LogP contribution in [0.5, 0.6) is 0 Å². The van der Waals surface area contributed by atoms with Gasteiger partial charge in [0.15, 0.2) is 6.17 Å². The van der Waals surface area contributed by atoms with E-state index < -0.39 is 37.4 Å². The van der Waals surface area contributed by atoms with Crippen molar-refractivity contribution in [1.29, 1.82) is 0 Å². The predicted molar refractivity (Wildman–Crippen MR) is 32.6 cm³/mol. The maximum atomic E-state index is 12.3. The molecule has 0 fully saturated rings. The van der Waals surface area contributed by atoms with Gasteiger partial charge in [-0.1, -0.05) is 0 Å². The molecule has 0 bridgehead atoms. The van der Waals surface area contributed by atoms with Gasteiger partial charge in [-0.05, 0) is 0 Å². The second-order valence-electron chi connectivity index (χ2n) is 2.82. The van der Waals surface area contributed by atoms with Gasteiger partial charge < -0.3 is 0 Å². The van der Waals surface area contributed by atoms with Gasteiger partial charge in [-0.3, -0.25) is 4.74 Å². The molecule has 0 N–H and O–H groups in total. The van der Waals surface area contributed by atoms with E-state index in [1.807, 2.05) is 0 Å². The van der Waals surface area contributed by atoms with Gasteiger partial charge in [-0.2, -0.15) is 35.1 Å². The minimum Gasteiger partial charge on any atom is -0.275 e. The van der Waals surface area contributed by atoms with Gasteiger partial charge in [0.2, 0.25) is 0 Å². The van der Waals surface area contributed by atoms with Crippen LogP contribution in [0.4, 0.5) is 43.9 Å². The van der Waals surface area contributed by atoms with Crippen molar-refractivity contribution >= 4 is 0 Å². The molecular formula is C6H4F10O. The Morgan fingerprint density at radius 2 is 1.24 bits per heavy atom. The second-order valence-corrected chi connectivity index (χ2v) is 2.82. The summed E-state index contributed by atoms with van der Waals surface area (Å²) in [6.07, 6.45) is -28.3. The van der Waals surface area contributed by atoms with Crippen LogP contribution < -0.4 is 0 Å². The first-order chi connectivity index (χ1) is 7.26. The Bertz CT molecular complexity index is 242. The maximum absolute atomic E-state index is 12.3. The fourth-order valence-electron chi connectivity index (χ4n) is 0.601. The van der Waals surface area contributed by atoms with Crippen LogP contribution >= 0.6 is 0 Å². The van der Waals surface area contributed by atoms with Gasteiger partial charge in [-0.25, -0.2) is 8.78 Å². The minimum atomic E-state index is -5.89. The zero-order valence-electron chi connectivity index (χ0n) is 7.55. The SMILES string of the molecule is FC(OC(F)(F)C(F)CC(F)(F)F)C(F)(F)F. The molecule has 11 heteroatoms. The Balaban J connectivity index is 4.57. The third-order valence-electron chi connectivity index (χ3n) is 1.29. The molecule has 0 aliphatic rings. The molecule has 0 aliphatic heterocycles. The van der Waals surface area contributed by atoms with Crippen molar-refractivity contribution in [3.63, 3.8) is 0 Å². The Morgan fingerprint density at radius 3 is 1.53 bits per heavy atom. The summed E-state index contributed by atoms with van der Waals surface area (Å²) < 4.78 is 120. The zero-order valence-corrected chi connectivity index (χ0v) is 7.55. The van der Waals surface area contributed by atoms with Gasteiger partial charge in [0.05, 0.1) is 6.42 Å². The van der Waals surface area contributed by atoms with Crippen molar-refractivity contribution in [2.45, 2.75) is 37.4 Å². The third-order valence-corrected chi connectivity index (χ3v) is 1.29. The van der Waals surface area contributed by atoms with E-state index in [2.05, 4.69) is 4.74 Å².